The van der Waals surface area contributed by atoms with Crippen LogP contribution in [0.3, 0.4) is 0 Å². The predicted octanol–water partition coefficient (Wildman–Crippen LogP) is 1.13. The molecular formula is C17H21NO8S. The molecule has 148 valence electrons. The first-order chi connectivity index (χ1) is 12.6. The van der Waals surface area contributed by atoms with Gasteiger partial charge in [-0.1, -0.05) is 0 Å². The number of methoxy groups -OCH3 is 2. The van der Waals surface area contributed by atoms with Crippen molar-refractivity contribution in [2.24, 2.45) is 5.92 Å². The van der Waals surface area contributed by atoms with Crippen LogP contribution in [0.2, 0.25) is 0 Å². The standard InChI is InChI=1S/C17H21NO8S/c1-10-14(15(19)20)5-4-6-18(10)27(23,24)13-8-11(16(21)25-2)7-12(9-13)17(22)26-3/h7-10,14H,4-6H2,1-3H3,(H,19,20)/t10-,14-/m0/s1. The van der Waals surface area contributed by atoms with E-state index in [2.05, 4.69) is 9.47 Å². The van der Waals surface area contributed by atoms with Crippen molar-refractivity contribution in [3.63, 3.8) is 0 Å². The van der Waals surface area contributed by atoms with Gasteiger partial charge in [-0.2, -0.15) is 4.31 Å². The van der Waals surface area contributed by atoms with Gasteiger partial charge in [-0.05, 0) is 38.0 Å². The van der Waals surface area contributed by atoms with Crippen molar-refractivity contribution >= 4 is 27.9 Å². The van der Waals surface area contributed by atoms with Crippen LogP contribution in [0.25, 0.3) is 0 Å². The molecule has 1 aromatic rings. The Balaban J connectivity index is 2.55. The topological polar surface area (TPSA) is 127 Å². The predicted molar refractivity (Wildman–Crippen MR) is 92.8 cm³/mol. The number of hydrogen-bond donors (Lipinski definition) is 1. The van der Waals surface area contributed by atoms with Crippen LogP contribution >= 0.6 is 0 Å². The van der Waals surface area contributed by atoms with Gasteiger partial charge in [0, 0.05) is 12.6 Å². The maximum Gasteiger partial charge on any atom is 0.337 e. The van der Waals surface area contributed by atoms with E-state index in [9.17, 15) is 27.9 Å². The second kappa shape index (κ2) is 8.05. The molecule has 9 nitrogen and oxygen atoms in total. The Kier molecular flexibility index (Phi) is 6.22. The number of carbonyl (C=O) groups excluding carboxylic acids is 2. The van der Waals surface area contributed by atoms with E-state index >= 15 is 0 Å². The molecule has 1 N–H and O–H groups in total. The molecule has 0 spiro atoms. The number of rotatable bonds is 5. The molecule has 0 radical (unpaired) electrons. The van der Waals surface area contributed by atoms with Gasteiger partial charge in [-0.25, -0.2) is 18.0 Å². The van der Waals surface area contributed by atoms with E-state index in [1.165, 1.54) is 13.0 Å². The van der Waals surface area contributed by atoms with Crippen LogP contribution in [-0.2, 0) is 24.3 Å². The van der Waals surface area contributed by atoms with E-state index in [-0.39, 0.29) is 22.6 Å². The maximum absolute atomic E-state index is 13.1. The zero-order valence-electron chi connectivity index (χ0n) is 15.2. The molecule has 27 heavy (non-hydrogen) atoms. The third-order valence-corrected chi connectivity index (χ3v) is 6.57. The number of carboxylic acids is 1. The van der Waals surface area contributed by atoms with E-state index in [0.717, 1.165) is 30.7 Å². The highest BCUT2D eigenvalue weighted by molar-refractivity contribution is 7.89. The van der Waals surface area contributed by atoms with Gasteiger partial charge in [-0.3, -0.25) is 4.79 Å². The molecule has 0 bridgehead atoms. The fourth-order valence-electron chi connectivity index (χ4n) is 3.14. The number of carbonyl (C=O) groups is 3. The molecule has 1 aliphatic heterocycles. The number of sulfonamides is 1. The Bertz CT molecular complexity index is 829. The number of aliphatic carboxylic acids is 1. The van der Waals surface area contributed by atoms with Crippen molar-refractivity contribution < 1.29 is 37.4 Å². The van der Waals surface area contributed by atoms with E-state index in [1.54, 1.807) is 0 Å². The van der Waals surface area contributed by atoms with Gasteiger partial charge in [0.2, 0.25) is 10.0 Å². The molecule has 1 aliphatic rings. The minimum absolute atomic E-state index is 0.126. The van der Waals surface area contributed by atoms with Crippen molar-refractivity contribution in [1.29, 1.82) is 0 Å². The summed E-state index contributed by atoms with van der Waals surface area (Å²) in [7, 11) is -1.89. The third-order valence-electron chi connectivity index (χ3n) is 4.60. The third kappa shape index (κ3) is 4.11. The SMILES string of the molecule is COC(=O)c1cc(C(=O)OC)cc(S(=O)(=O)N2CCC[C@H](C(=O)O)[C@@H]2C)c1. The Morgan fingerprint density at radius 1 is 1.07 bits per heavy atom. The summed E-state index contributed by atoms with van der Waals surface area (Å²) in [4.78, 5) is 34.8. The number of carboxylic acid groups (broad SMARTS) is 1. The van der Waals surface area contributed by atoms with E-state index in [1.807, 2.05) is 0 Å². The second-order valence-electron chi connectivity index (χ2n) is 6.17. The summed E-state index contributed by atoms with van der Waals surface area (Å²) in [6.45, 7) is 1.67. The largest absolute Gasteiger partial charge is 0.481 e. The molecular weight excluding hydrogens is 378 g/mol. The zero-order valence-corrected chi connectivity index (χ0v) is 16.0. The summed E-state index contributed by atoms with van der Waals surface area (Å²) in [5, 5.41) is 9.32. The molecule has 0 saturated carbocycles. The molecule has 1 fully saturated rings. The van der Waals surface area contributed by atoms with Crippen LogP contribution in [0.4, 0.5) is 0 Å². The molecule has 1 aromatic carbocycles. The summed E-state index contributed by atoms with van der Waals surface area (Å²) >= 11 is 0. The Hall–Kier alpha value is -2.46. The normalized spacial score (nSPS) is 20.7. The van der Waals surface area contributed by atoms with Crippen LogP contribution < -0.4 is 0 Å². The maximum atomic E-state index is 13.1. The van der Waals surface area contributed by atoms with Gasteiger partial charge < -0.3 is 14.6 Å². The minimum Gasteiger partial charge on any atom is -0.481 e. The van der Waals surface area contributed by atoms with Crippen molar-refractivity contribution in [3.8, 4) is 0 Å². The Morgan fingerprint density at radius 2 is 1.59 bits per heavy atom. The fraction of sp³-hybridized carbons (Fsp3) is 0.471. The van der Waals surface area contributed by atoms with Crippen LogP contribution in [0.5, 0.6) is 0 Å². The molecule has 1 saturated heterocycles. The van der Waals surface area contributed by atoms with Crippen molar-refractivity contribution in [1.82, 2.24) is 4.31 Å². The summed E-state index contributed by atoms with van der Waals surface area (Å²) in [6.07, 6.45) is 0.763. The average molecular weight is 399 g/mol. The highest BCUT2D eigenvalue weighted by atomic mass is 32.2. The number of benzene rings is 1. The van der Waals surface area contributed by atoms with Gasteiger partial charge in [0.05, 0.1) is 36.2 Å². The Labute approximate surface area is 156 Å². The summed E-state index contributed by atoms with van der Waals surface area (Å²) in [6, 6.07) is 2.61. The Morgan fingerprint density at radius 3 is 2.04 bits per heavy atom. The molecule has 0 unspecified atom stereocenters. The van der Waals surface area contributed by atoms with E-state index in [0.29, 0.717) is 12.8 Å². The molecule has 0 amide bonds. The summed E-state index contributed by atoms with van der Waals surface area (Å²) in [5.41, 5.74) is -0.253. The molecule has 2 rings (SSSR count). The van der Waals surface area contributed by atoms with Gasteiger partial charge in [-0.15, -0.1) is 0 Å². The second-order valence-corrected chi connectivity index (χ2v) is 8.06. The molecule has 10 heteroatoms. The van der Waals surface area contributed by atoms with Gasteiger partial charge >= 0.3 is 17.9 Å². The van der Waals surface area contributed by atoms with Crippen molar-refractivity contribution in [2.45, 2.75) is 30.7 Å². The van der Waals surface area contributed by atoms with Crippen LogP contribution in [0.1, 0.15) is 40.5 Å². The van der Waals surface area contributed by atoms with Gasteiger partial charge in [0.25, 0.3) is 0 Å². The first-order valence-electron chi connectivity index (χ1n) is 8.19. The van der Waals surface area contributed by atoms with Crippen molar-refractivity contribution in [3.05, 3.63) is 29.3 Å². The monoisotopic (exact) mass is 399 g/mol. The lowest BCUT2D eigenvalue weighted by Crippen LogP contribution is -2.49. The van der Waals surface area contributed by atoms with Crippen LogP contribution in [-0.4, -0.2) is 62.5 Å². The fourth-order valence-corrected chi connectivity index (χ4v) is 4.91. The quantitative estimate of drug-likeness (QED) is 0.730. The summed E-state index contributed by atoms with van der Waals surface area (Å²) < 4.78 is 36.6. The number of esters is 2. The number of piperidine rings is 1. The van der Waals surface area contributed by atoms with E-state index in [4.69, 9.17) is 0 Å². The van der Waals surface area contributed by atoms with Gasteiger partial charge in [0.15, 0.2) is 0 Å². The molecule has 1 heterocycles. The molecule has 0 aliphatic carbocycles. The number of ether oxygens (including phenoxy) is 2. The lowest BCUT2D eigenvalue weighted by atomic mass is 9.92. The molecule has 2 atom stereocenters. The lowest BCUT2D eigenvalue weighted by molar-refractivity contribution is -0.144. The first kappa shape index (κ1) is 20.8. The average Bonchev–Trinajstić information content (AvgIpc) is 2.65. The highest BCUT2D eigenvalue weighted by Gasteiger charge is 2.40. The van der Waals surface area contributed by atoms with E-state index < -0.39 is 39.9 Å². The highest BCUT2D eigenvalue weighted by Crippen LogP contribution is 2.30. The lowest BCUT2D eigenvalue weighted by Gasteiger charge is -2.36. The van der Waals surface area contributed by atoms with Gasteiger partial charge in [0.1, 0.15) is 0 Å². The first-order valence-corrected chi connectivity index (χ1v) is 9.63. The number of hydrogen-bond acceptors (Lipinski definition) is 7. The summed E-state index contributed by atoms with van der Waals surface area (Å²) in [5.74, 6) is -3.53. The van der Waals surface area contributed by atoms with Crippen molar-refractivity contribution in [2.75, 3.05) is 20.8 Å². The van der Waals surface area contributed by atoms with Crippen LogP contribution in [0, 0.1) is 5.92 Å². The zero-order chi connectivity index (χ0) is 20.4. The molecule has 0 aromatic heterocycles. The smallest absolute Gasteiger partial charge is 0.337 e. The number of nitrogens with zero attached hydrogens (tertiary/aromatic N) is 1. The van der Waals surface area contributed by atoms with Crippen LogP contribution in [0.15, 0.2) is 23.1 Å². The minimum atomic E-state index is -4.15.